The number of hydrogen-bond acceptors (Lipinski definition) is 5. The highest BCUT2D eigenvalue weighted by molar-refractivity contribution is 7.15. The summed E-state index contributed by atoms with van der Waals surface area (Å²) in [5.41, 5.74) is 0. The summed E-state index contributed by atoms with van der Waals surface area (Å²) >= 11 is 0.822. The van der Waals surface area contributed by atoms with Gasteiger partial charge in [-0.05, 0) is 19.1 Å². The number of ether oxygens (including phenoxy) is 1. The third-order valence-electron chi connectivity index (χ3n) is 1.94. The van der Waals surface area contributed by atoms with Crippen molar-refractivity contribution < 1.29 is 27.9 Å². The van der Waals surface area contributed by atoms with E-state index in [-0.39, 0.29) is 16.4 Å². The zero-order valence-corrected chi connectivity index (χ0v) is 10.3. The average molecular weight is 276 g/mol. The lowest BCUT2D eigenvalue weighted by Crippen LogP contribution is -2.14. The second-order valence-electron chi connectivity index (χ2n) is 3.25. The Morgan fingerprint density at radius 3 is 2.44 bits per heavy atom. The predicted octanol–water partition coefficient (Wildman–Crippen LogP) is 2.33. The Bertz CT molecular complexity index is 467. The number of ketones is 2. The number of thiophene rings is 1. The molecule has 1 aromatic heterocycles. The fraction of sp³-hybridized carbons (Fsp3) is 0.364. The highest BCUT2D eigenvalue weighted by atomic mass is 32.1. The first-order valence-corrected chi connectivity index (χ1v) is 5.88. The van der Waals surface area contributed by atoms with Crippen LogP contribution in [0.15, 0.2) is 12.1 Å². The van der Waals surface area contributed by atoms with E-state index in [2.05, 4.69) is 0 Å². The lowest BCUT2D eigenvalue weighted by atomic mass is 10.2. The minimum Gasteiger partial charge on any atom is -0.462 e. The molecule has 0 unspecified atom stereocenters. The summed E-state index contributed by atoms with van der Waals surface area (Å²) in [6, 6.07) is 2.68. The van der Waals surface area contributed by atoms with Crippen LogP contribution in [-0.4, -0.2) is 30.6 Å². The number of hydrogen-bond donors (Lipinski definition) is 0. The van der Waals surface area contributed by atoms with E-state index in [4.69, 9.17) is 4.74 Å². The molecule has 98 valence electrons. The quantitative estimate of drug-likeness (QED) is 0.454. The minimum absolute atomic E-state index is 0.0899. The molecular formula is C11H10F2O4S. The number of halogens is 2. The molecular weight excluding hydrogens is 266 g/mol. The van der Waals surface area contributed by atoms with E-state index in [1.54, 1.807) is 6.92 Å². The molecule has 1 rings (SSSR count). The van der Waals surface area contributed by atoms with Crippen molar-refractivity contribution in [2.75, 3.05) is 6.61 Å². The predicted molar refractivity (Wildman–Crippen MR) is 60.2 cm³/mol. The van der Waals surface area contributed by atoms with Gasteiger partial charge in [-0.3, -0.25) is 9.59 Å². The van der Waals surface area contributed by atoms with Gasteiger partial charge in [-0.25, -0.2) is 13.6 Å². The Kier molecular flexibility index (Phi) is 5.08. The molecule has 1 heterocycles. The first-order valence-electron chi connectivity index (χ1n) is 5.06. The Morgan fingerprint density at radius 2 is 1.89 bits per heavy atom. The molecule has 0 radical (unpaired) electrons. The molecule has 0 aromatic carbocycles. The Balaban J connectivity index is 2.71. The van der Waals surface area contributed by atoms with Crippen LogP contribution in [0.2, 0.25) is 0 Å². The largest absolute Gasteiger partial charge is 0.462 e. The van der Waals surface area contributed by atoms with Crippen LogP contribution in [0, 0.1) is 0 Å². The molecule has 4 nitrogen and oxygen atoms in total. The van der Waals surface area contributed by atoms with Crippen LogP contribution in [0.5, 0.6) is 0 Å². The summed E-state index contributed by atoms with van der Waals surface area (Å²) in [6.45, 7) is 1.84. The summed E-state index contributed by atoms with van der Waals surface area (Å²) in [4.78, 5) is 33.8. The molecule has 18 heavy (non-hydrogen) atoms. The van der Waals surface area contributed by atoms with E-state index in [0.29, 0.717) is 0 Å². The molecule has 0 bridgehead atoms. The highest BCUT2D eigenvalue weighted by Crippen LogP contribution is 2.19. The third-order valence-corrected chi connectivity index (χ3v) is 3.04. The second kappa shape index (κ2) is 6.34. The lowest BCUT2D eigenvalue weighted by Gasteiger charge is -1.98. The number of Topliss-reactive ketones (excluding diaryl/α,β-unsaturated/α-hetero) is 2. The summed E-state index contributed by atoms with van der Waals surface area (Å²) < 4.78 is 28.6. The number of carbonyl (C=O) groups is 3. The van der Waals surface area contributed by atoms with Crippen LogP contribution in [0.25, 0.3) is 0 Å². The molecule has 0 spiro atoms. The molecule has 0 atom stereocenters. The van der Waals surface area contributed by atoms with Gasteiger partial charge in [0.05, 0.1) is 17.9 Å². The van der Waals surface area contributed by atoms with Crippen molar-refractivity contribution in [2.24, 2.45) is 0 Å². The van der Waals surface area contributed by atoms with E-state index in [1.807, 2.05) is 0 Å². The molecule has 0 amide bonds. The van der Waals surface area contributed by atoms with Crippen molar-refractivity contribution in [2.45, 2.75) is 19.8 Å². The molecule has 0 aliphatic heterocycles. The van der Waals surface area contributed by atoms with Gasteiger partial charge in [0.15, 0.2) is 5.78 Å². The molecule has 0 saturated carbocycles. The normalized spacial score (nSPS) is 10.4. The average Bonchev–Trinajstić information content (AvgIpc) is 2.78. The van der Waals surface area contributed by atoms with Gasteiger partial charge in [0, 0.05) is 0 Å². The smallest absolute Gasteiger partial charge is 0.348 e. The van der Waals surface area contributed by atoms with Gasteiger partial charge in [-0.1, -0.05) is 0 Å². The molecule has 0 saturated heterocycles. The van der Waals surface area contributed by atoms with Crippen molar-refractivity contribution in [1.82, 2.24) is 0 Å². The monoisotopic (exact) mass is 276 g/mol. The molecule has 1 aromatic rings. The number of carbonyl (C=O) groups excluding carboxylic acids is 3. The zero-order chi connectivity index (χ0) is 13.7. The van der Waals surface area contributed by atoms with Crippen LogP contribution in [-0.2, 0) is 9.53 Å². The fourth-order valence-electron chi connectivity index (χ4n) is 1.12. The molecule has 0 aliphatic carbocycles. The van der Waals surface area contributed by atoms with Gasteiger partial charge >= 0.3 is 5.97 Å². The summed E-state index contributed by atoms with van der Waals surface area (Å²) in [6.07, 6.45) is -4.01. The van der Waals surface area contributed by atoms with Gasteiger partial charge in [0.2, 0.25) is 5.78 Å². The van der Waals surface area contributed by atoms with Gasteiger partial charge in [-0.15, -0.1) is 11.3 Å². The molecule has 0 aliphatic rings. The number of rotatable bonds is 6. The van der Waals surface area contributed by atoms with E-state index in [1.165, 1.54) is 12.1 Å². The second-order valence-corrected chi connectivity index (χ2v) is 4.34. The first kappa shape index (κ1) is 14.4. The van der Waals surface area contributed by atoms with Crippen LogP contribution >= 0.6 is 11.3 Å². The first-order chi connectivity index (χ1) is 8.45. The van der Waals surface area contributed by atoms with E-state index in [9.17, 15) is 23.2 Å². The van der Waals surface area contributed by atoms with E-state index < -0.39 is 30.4 Å². The zero-order valence-electron chi connectivity index (χ0n) is 9.44. The maximum Gasteiger partial charge on any atom is 0.348 e. The molecule has 0 N–H and O–H groups in total. The topological polar surface area (TPSA) is 60.4 Å². The maximum absolute atomic E-state index is 12.0. The van der Waals surface area contributed by atoms with Crippen molar-refractivity contribution in [3.63, 3.8) is 0 Å². The highest BCUT2D eigenvalue weighted by Gasteiger charge is 2.22. The number of esters is 1. The van der Waals surface area contributed by atoms with Crippen molar-refractivity contribution in [1.29, 1.82) is 0 Å². The van der Waals surface area contributed by atoms with Crippen LogP contribution in [0.4, 0.5) is 8.78 Å². The van der Waals surface area contributed by atoms with Crippen LogP contribution in [0.3, 0.4) is 0 Å². The van der Waals surface area contributed by atoms with Gasteiger partial charge in [-0.2, -0.15) is 0 Å². The maximum atomic E-state index is 12.0. The standard InChI is InChI=1S/C11H10F2O4S/c1-2-17-11(16)9-4-3-8(18-9)6(14)5-7(15)10(12)13/h3-4,10H,2,5H2,1H3. The number of alkyl halides is 2. The Hall–Kier alpha value is -1.63. The Morgan fingerprint density at radius 1 is 1.28 bits per heavy atom. The van der Waals surface area contributed by atoms with Crippen LogP contribution < -0.4 is 0 Å². The molecule has 7 heteroatoms. The summed E-state index contributed by atoms with van der Waals surface area (Å²) in [5.74, 6) is -2.73. The third kappa shape index (κ3) is 3.69. The van der Waals surface area contributed by atoms with Gasteiger partial charge < -0.3 is 4.74 Å². The van der Waals surface area contributed by atoms with Gasteiger partial charge in [0.1, 0.15) is 4.88 Å². The summed E-state index contributed by atoms with van der Waals surface area (Å²) in [7, 11) is 0. The van der Waals surface area contributed by atoms with E-state index in [0.717, 1.165) is 11.3 Å². The molecule has 0 fully saturated rings. The summed E-state index contributed by atoms with van der Waals surface area (Å²) in [5, 5.41) is 0. The van der Waals surface area contributed by atoms with Gasteiger partial charge in [0.25, 0.3) is 6.43 Å². The Labute approximate surface area is 106 Å². The van der Waals surface area contributed by atoms with Crippen molar-refractivity contribution >= 4 is 28.9 Å². The van der Waals surface area contributed by atoms with Crippen LogP contribution in [0.1, 0.15) is 32.7 Å². The van der Waals surface area contributed by atoms with E-state index >= 15 is 0 Å². The fourth-order valence-corrected chi connectivity index (χ4v) is 1.96. The lowest BCUT2D eigenvalue weighted by molar-refractivity contribution is -0.128. The van der Waals surface area contributed by atoms with Crippen molar-refractivity contribution in [3.8, 4) is 0 Å². The SMILES string of the molecule is CCOC(=O)c1ccc(C(=O)CC(=O)C(F)F)s1. The minimum atomic E-state index is -3.15. The van der Waals surface area contributed by atoms with Crippen molar-refractivity contribution in [3.05, 3.63) is 21.9 Å².